The summed E-state index contributed by atoms with van der Waals surface area (Å²) in [4.78, 5) is 28.2. The maximum absolute atomic E-state index is 12.2. The van der Waals surface area contributed by atoms with Crippen molar-refractivity contribution in [3.63, 3.8) is 0 Å². The zero-order chi connectivity index (χ0) is 16.6. The Morgan fingerprint density at radius 2 is 2.04 bits per heavy atom. The Balaban J connectivity index is 2.04. The minimum absolute atomic E-state index is 0.0148. The first kappa shape index (κ1) is 15.6. The van der Waals surface area contributed by atoms with E-state index in [1.807, 2.05) is 0 Å². The predicted molar refractivity (Wildman–Crippen MR) is 73.5 cm³/mol. The smallest absolute Gasteiger partial charge is 0.325 e. The van der Waals surface area contributed by atoms with Crippen molar-refractivity contribution in [1.29, 1.82) is 0 Å². The van der Waals surface area contributed by atoms with E-state index in [0.29, 0.717) is 0 Å². The summed E-state index contributed by atoms with van der Waals surface area (Å²) in [7, 11) is 0. The Labute approximate surface area is 128 Å². The number of aromatic amines is 2. The molecule has 5 N–H and O–H groups in total. The van der Waals surface area contributed by atoms with Crippen molar-refractivity contribution < 1.29 is 20.1 Å². The Bertz CT molecular complexity index is 784. The van der Waals surface area contributed by atoms with Crippen molar-refractivity contribution in [3.05, 3.63) is 44.5 Å². The highest BCUT2D eigenvalue weighted by molar-refractivity contribution is 5.23. The summed E-state index contributed by atoms with van der Waals surface area (Å²) in [5.74, 6) is 0. The van der Waals surface area contributed by atoms with Crippen molar-refractivity contribution >= 4 is 0 Å². The molecule has 0 amide bonds. The van der Waals surface area contributed by atoms with Gasteiger partial charge < -0.3 is 25.0 Å². The molecular weight excluding hydrogens is 310 g/mol. The van der Waals surface area contributed by atoms with Gasteiger partial charge in [0.25, 0.3) is 5.56 Å². The van der Waals surface area contributed by atoms with Crippen LogP contribution in [0, 0.1) is 0 Å². The van der Waals surface area contributed by atoms with E-state index < -0.39 is 42.3 Å². The van der Waals surface area contributed by atoms with E-state index in [1.54, 1.807) is 0 Å². The summed E-state index contributed by atoms with van der Waals surface area (Å²) in [5, 5.41) is 36.4. The van der Waals surface area contributed by atoms with Crippen molar-refractivity contribution in [2.45, 2.75) is 31.0 Å². The van der Waals surface area contributed by atoms with Gasteiger partial charge in [-0.25, -0.2) is 9.48 Å². The Kier molecular flexibility index (Phi) is 4.09. The van der Waals surface area contributed by atoms with Crippen LogP contribution >= 0.6 is 0 Å². The number of ether oxygens (including phenoxy) is 1. The molecule has 3 rings (SSSR count). The topological polar surface area (TPSA) is 166 Å². The van der Waals surface area contributed by atoms with E-state index in [2.05, 4.69) is 20.3 Å². The van der Waals surface area contributed by atoms with Gasteiger partial charge >= 0.3 is 5.69 Å². The SMILES string of the molecule is O=c1[nH]c(Cn2ccnn2)c(C2OC(CO)C(O)C2O)c(=O)[nH]1. The zero-order valence-corrected chi connectivity index (χ0v) is 11.8. The molecule has 23 heavy (non-hydrogen) atoms. The molecule has 1 fully saturated rings. The van der Waals surface area contributed by atoms with Crippen LogP contribution in [0.3, 0.4) is 0 Å². The monoisotopic (exact) mass is 325 g/mol. The molecule has 0 radical (unpaired) electrons. The van der Waals surface area contributed by atoms with E-state index in [0.717, 1.165) is 0 Å². The number of nitrogens with zero attached hydrogens (tertiary/aromatic N) is 3. The summed E-state index contributed by atoms with van der Waals surface area (Å²) in [6.45, 7) is -0.505. The highest BCUT2D eigenvalue weighted by Crippen LogP contribution is 2.32. The Morgan fingerprint density at radius 3 is 2.65 bits per heavy atom. The van der Waals surface area contributed by atoms with Gasteiger partial charge in [0.2, 0.25) is 0 Å². The molecule has 2 aromatic rings. The molecule has 124 valence electrons. The largest absolute Gasteiger partial charge is 0.394 e. The summed E-state index contributed by atoms with van der Waals surface area (Å²) < 4.78 is 6.73. The van der Waals surface area contributed by atoms with Gasteiger partial charge in [-0.1, -0.05) is 5.21 Å². The third-order valence-electron chi connectivity index (χ3n) is 3.68. The first-order chi connectivity index (χ1) is 11.0. The Hall–Kier alpha value is -2.34. The molecule has 0 saturated carbocycles. The third kappa shape index (κ3) is 2.82. The van der Waals surface area contributed by atoms with E-state index in [9.17, 15) is 19.8 Å². The maximum Gasteiger partial charge on any atom is 0.325 e. The molecule has 11 heteroatoms. The van der Waals surface area contributed by atoms with Crippen molar-refractivity contribution in [3.8, 4) is 0 Å². The normalized spacial score (nSPS) is 27.4. The molecule has 0 spiro atoms. The lowest BCUT2D eigenvalue weighted by Crippen LogP contribution is -2.35. The highest BCUT2D eigenvalue weighted by Gasteiger charge is 2.45. The average molecular weight is 325 g/mol. The summed E-state index contributed by atoms with van der Waals surface area (Å²) >= 11 is 0. The minimum atomic E-state index is -1.42. The van der Waals surface area contributed by atoms with Crippen LogP contribution in [0.5, 0.6) is 0 Å². The maximum atomic E-state index is 12.2. The molecule has 1 saturated heterocycles. The molecule has 11 nitrogen and oxygen atoms in total. The fourth-order valence-electron chi connectivity index (χ4n) is 2.59. The van der Waals surface area contributed by atoms with Crippen molar-refractivity contribution in [2.75, 3.05) is 6.61 Å². The number of hydrogen-bond acceptors (Lipinski definition) is 8. The van der Waals surface area contributed by atoms with Crippen LogP contribution in [0.4, 0.5) is 0 Å². The molecule has 0 aromatic carbocycles. The molecule has 4 atom stereocenters. The van der Waals surface area contributed by atoms with Crippen LogP contribution in [0.1, 0.15) is 17.4 Å². The molecule has 0 aliphatic carbocycles. The lowest BCUT2D eigenvalue weighted by atomic mass is 10.0. The highest BCUT2D eigenvalue weighted by atomic mass is 16.6. The van der Waals surface area contributed by atoms with E-state index in [-0.39, 0.29) is 17.8 Å². The molecule has 1 aliphatic heterocycles. The summed E-state index contributed by atoms with van der Waals surface area (Å²) in [6.07, 6.45) is -2.04. The minimum Gasteiger partial charge on any atom is -0.394 e. The predicted octanol–water partition coefficient (Wildman–Crippen LogP) is -3.14. The third-order valence-corrected chi connectivity index (χ3v) is 3.68. The van der Waals surface area contributed by atoms with Gasteiger partial charge in [0.05, 0.1) is 30.6 Å². The van der Waals surface area contributed by atoms with Gasteiger partial charge in [0, 0.05) is 6.20 Å². The van der Waals surface area contributed by atoms with Gasteiger partial charge in [-0.3, -0.25) is 9.78 Å². The Morgan fingerprint density at radius 1 is 1.26 bits per heavy atom. The van der Waals surface area contributed by atoms with Gasteiger partial charge in [-0.2, -0.15) is 0 Å². The second-order valence-corrected chi connectivity index (χ2v) is 5.16. The fourth-order valence-corrected chi connectivity index (χ4v) is 2.59. The quantitative estimate of drug-likeness (QED) is 0.393. The second kappa shape index (κ2) is 6.04. The standard InChI is InChI=1S/C12H15N5O6/c18-4-6-8(19)9(20)10(23-6)7-5(3-17-2-1-13-16-17)14-12(22)15-11(7)21/h1-2,6,8-10,18-20H,3-4H2,(H2,14,15,21,22). The summed E-state index contributed by atoms with van der Waals surface area (Å²) in [5.41, 5.74) is -1.35. The number of rotatable bonds is 4. The van der Waals surface area contributed by atoms with Crippen molar-refractivity contribution in [2.24, 2.45) is 0 Å². The average Bonchev–Trinajstić information content (AvgIpc) is 3.10. The first-order valence-corrected chi connectivity index (χ1v) is 6.83. The van der Waals surface area contributed by atoms with Crippen LogP contribution in [0.25, 0.3) is 0 Å². The molecule has 2 aromatic heterocycles. The number of hydrogen-bond donors (Lipinski definition) is 5. The van der Waals surface area contributed by atoms with Gasteiger partial charge in [-0.15, -0.1) is 5.10 Å². The van der Waals surface area contributed by atoms with Gasteiger partial charge in [-0.05, 0) is 0 Å². The number of H-pyrrole nitrogens is 2. The second-order valence-electron chi connectivity index (χ2n) is 5.16. The molecular formula is C12H15N5O6. The van der Waals surface area contributed by atoms with E-state index in [4.69, 9.17) is 9.84 Å². The van der Waals surface area contributed by atoms with E-state index in [1.165, 1.54) is 17.1 Å². The fraction of sp³-hybridized carbons (Fsp3) is 0.500. The summed E-state index contributed by atoms with van der Waals surface area (Å²) in [6, 6.07) is 0. The number of aliphatic hydroxyl groups is 3. The molecule has 3 heterocycles. The van der Waals surface area contributed by atoms with Crippen LogP contribution in [-0.2, 0) is 11.3 Å². The molecule has 1 aliphatic rings. The van der Waals surface area contributed by atoms with Crippen LogP contribution in [-0.4, -0.2) is 65.2 Å². The zero-order valence-electron chi connectivity index (χ0n) is 11.8. The molecule has 4 unspecified atom stereocenters. The lowest BCUT2D eigenvalue weighted by molar-refractivity contribution is -0.0235. The first-order valence-electron chi connectivity index (χ1n) is 6.83. The van der Waals surface area contributed by atoms with Crippen LogP contribution in [0.2, 0.25) is 0 Å². The van der Waals surface area contributed by atoms with Crippen LogP contribution < -0.4 is 11.2 Å². The number of nitrogens with one attached hydrogen (secondary N) is 2. The van der Waals surface area contributed by atoms with Gasteiger partial charge in [0.1, 0.15) is 24.4 Å². The van der Waals surface area contributed by atoms with Gasteiger partial charge in [0.15, 0.2) is 0 Å². The molecule has 0 bridgehead atoms. The lowest BCUT2D eigenvalue weighted by Gasteiger charge is -2.17. The number of aliphatic hydroxyl groups excluding tert-OH is 3. The van der Waals surface area contributed by atoms with Crippen LogP contribution in [0.15, 0.2) is 22.0 Å². The van der Waals surface area contributed by atoms with E-state index >= 15 is 0 Å². The van der Waals surface area contributed by atoms with Crippen molar-refractivity contribution in [1.82, 2.24) is 25.0 Å². The number of aromatic nitrogens is 5.